The maximum absolute atomic E-state index is 11.5. The number of esters is 1. The van der Waals surface area contributed by atoms with Crippen LogP contribution in [0.15, 0.2) is 42.4 Å². The van der Waals surface area contributed by atoms with Gasteiger partial charge in [0.25, 0.3) is 5.91 Å². The molecule has 6 heteroatoms. The lowest BCUT2D eigenvalue weighted by molar-refractivity contribution is -0.149. The molecule has 1 heterocycles. The van der Waals surface area contributed by atoms with Gasteiger partial charge in [-0.2, -0.15) is 0 Å². The molecular formula is C14H15NO5. The van der Waals surface area contributed by atoms with E-state index in [2.05, 4.69) is 5.32 Å². The third kappa shape index (κ3) is 4.31. The van der Waals surface area contributed by atoms with Crippen molar-refractivity contribution in [3.05, 3.63) is 47.9 Å². The lowest BCUT2D eigenvalue weighted by atomic mass is 10.2. The Hall–Kier alpha value is -2.50. The summed E-state index contributed by atoms with van der Waals surface area (Å²) in [7, 11) is 0. The largest absolute Gasteiger partial charge is 0.493 e. The zero-order chi connectivity index (χ0) is 14.2. The van der Waals surface area contributed by atoms with Crippen molar-refractivity contribution in [3.63, 3.8) is 0 Å². The average molecular weight is 277 g/mol. The summed E-state index contributed by atoms with van der Waals surface area (Å²) in [6.07, 6.45) is 1.19. The van der Waals surface area contributed by atoms with Crippen LogP contribution in [0.2, 0.25) is 0 Å². The van der Waals surface area contributed by atoms with E-state index in [0.29, 0.717) is 19.8 Å². The van der Waals surface area contributed by atoms with Crippen LogP contribution in [-0.4, -0.2) is 31.7 Å². The van der Waals surface area contributed by atoms with E-state index in [9.17, 15) is 9.59 Å². The molecule has 0 aromatic heterocycles. The molecule has 0 radical (unpaired) electrons. The van der Waals surface area contributed by atoms with E-state index >= 15 is 0 Å². The molecule has 0 unspecified atom stereocenters. The summed E-state index contributed by atoms with van der Waals surface area (Å²) in [5, 5.41) is 2.65. The number of hydrogen-bond acceptors (Lipinski definition) is 5. The maximum atomic E-state index is 11.5. The Morgan fingerprint density at radius 3 is 2.70 bits per heavy atom. The average Bonchev–Trinajstić information content (AvgIpc) is 2.52. The van der Waals surface area contributed by atoms with Gasteiger partial charge in [0.1, 0.15) is 19.5 Å². The van der Waals surface area contributed by atoms with Crippen LogP contribution in [0.5, 0.6) is 0 Å². The number of rotatable bonds is 5. The zero-order valence-electron chi connectivity index (χ0n) is 10.8. The standard InChI is InChI=1S/C14H15NO5/c16-13(15-8-11-4-2-1-3-5-11)10-20-14(17)12-9-18-6-7-19-12/h1-5,9H,6-8,10H2,(H,15,16). The van der Waals surface area contributed by atoms with Crippen LogP contribution in [0.4, 0.5) is 0 Å². The molecule has 1 aliphatic rings. The number of benzene rings is 1. The fourth-order valence-electron chi connectivity index (χ4n) is 1.53. The first-order valence-electron chi connectivity index (χ1n) is 6.18. The molecule has 1 N–H and O–H groups in total. The molecular weight excluding hydrogens is 262 g/mol. The van der Waals surface area contributed by atoms with Crippen LogP contribution in [0, 0.1) is 0 Å². The summed E-state index contributed by atoms with van der Waals surface area (Å²) >= 11 is 0. The second kappa shape index (κ2) is 7.18. The van der Waals surface area contributed by atoms with Crippen molar-refractivity contribution in [2.45, 2.75) is 6.54 Å². The lowest BCUT2D eigenvalue weighted by Gasteiger charge is -2.14. The van der Waals surface area contributed by atoms with Crippen molar-refractivity contribution in [1.82, 2.24) is 5.32 Å². The van der Waals surface area contributed by atoms with Crippen LogP contribution in [0.1, 0.15) is 5.56 Å². The monoisotopic (exact) mass is 277 g/mol. The van der Waals surface area contributed by atoms with Crippen LogP contribution in [0.25, 0.3) is 0 Å². The van der Waals surface area contributed by atoms with Gasteiger partial charge in [0, 0.05) is 6.54 Å². The van der Waals surface area contributed by atoms with Crippen LogP contribution in [0.3, 0.4) is 0 Å². The summed E-state index contributed by atoms with van der Waals surface area (Å²) in [6, 6.07) is 9.45. The smallest absolute Gasteiger partial charge is 0.377 e. The first-order chi connectivity index (χ1) is 9.75. The van der Waals surface area contributed by atoms with Gasteiger partial charge in [-0.3, -0.25) is 4.79 Å². The molecule has 1 aromatic rings. The molecule has 1 aromatic carbocycles. The van der Waals surface area contributed by atoms with E-state index in [1.165, 1.54) is 6.26 Å². The van der Waals surface area contributed by atoms with Gasteiger partial charge in [-0.05, 0) is 5.56 Å². The summed E-state index contributed by atoms with van der Waals surface area (Å²) in [5.74, 6) is -1.11. The molecule has 0 aliphatic carbocycles. The summed E-state index contributed by atoms with van der Waals surface area (Å²) in [5.41, 5.74) is 0.971. The topological polar surface area (TPSA) is 73.9 Å². The van der Waals surface area contributed by atoms with Crippen molar-refractivity contribution in [2.24, 2.45) is 0 Å². The minimum absolute atomic E-state index is 0.0212. The highest BCUT2D eigenvalue weighted by Gasteiger charge is 2.17. The molecule has 0 fully saturated rings. The van der Waals surface area contributed by atoms with Crippen LogP contribution < -0.4 is 5.32 Å². The highest BCUT2D eigenvalue weighted by atomic mass is 16.6. The van der Waals surface area contributed by atoms with Gasteiger partial charge in [-0.15, -0.1) is 0 Å². The van der Waals surface area contributed by atoms with E-state index < -0.39 is 5.97 Å². The number of carbonyl (C=O) groups is 2. The predicted octanol–water partition coefficient (Wildman–Crippen LogP) is 0.734. The minimum Gasteiger partial charge on any atom is -0.493 e. The Morgan fingerprint density at radius 2 is 2.00 bits per heavy atom. The molecule has 0 bridgehead atoms. The summed E-state index contributed by atoms with van der Waals surface area (Å²) in [4.78, 5) is 23.0. The van der Waals surface area contributed by atoms with Crippen molar-refractivity contribution in [1.29, 1.82) is 0 Å². The van der Waals surface area contributed by atoms with Gasteiger partial charge in [-0.25, -0.2) is 4.79 Å². The van der Waals surface area contributed by atoms with Gasteiger partial charge >= 0.3 is 5.97 Å². The highest BCUT2D eigenvalue weighted by Crippen LogP contribution is 2.06. The number of amides is 1. The van der Waals surface area contributed by atoms with Gasteiger partial charge in [0.05, 0.1) is 0 Å². The van der Waals surface area contributed by atoms with Crippen molar-refractivity contribution >= 4 is 11.9 Å². The third-order valence-electron chi connectivity index (χ3n) is 2.52. The van der Waals surface area contributed by atoms with Crippen molar-refractivity contribution in [2.75, 3.05) is 19.8 Å². The molecule has 2 rings (SSSR count). The van der Waals surface area contributed by atoms with E-state index in [4.69, 9.17) is 14.2 Å². The van der Waals surface area contributed by atoms with Crippen molar-refractivity contribution in [3.8, 4) is 0 Å². The Balaban J connectivity index is 1.70. The minimum atomic E-state index is -0.709. The first kappa shape index (κ1) is 13.9. The SMILES string of the molecule is O=C(COC(=O)C1=COCCO1)NCc1ccccc1. The molecule has 106 valence electrons. The summed E-state index contributed by atoms with van der Waals surface area (Å²) in [6.45, 7) is 0.724. The van der Waals surface area contributed by atoms with E-state index in [1.807, 2.05) is 30.3 Å². The molecule has 0 atom stereocenters. The van der Waals surface area contributed by atoms with E-state index in [0.717, 1.165) is 5.56 Å². The third-order valence-corrected chi connectivity index (χ3v) is 2.52. The summed E-state index contributed by atoms with van der Waals surface area (Å²) < 4.78 is 14.8. The Kier molecular flexibility index (Phi) is 5.00. The fourth-order valence-corrected chi connectivity index (χ4v) is 1.53. The number of carbonyl (C=O) groups excluding carboxylic acids is 2. The number of hydrogen-bond donors (Lipinski definition) is 1. The molecule has 1 aliphatic heterocycles. The molecule has 20 heavy (non-hydrogen) atoms. The quantitative estimate of drug-likeness (QED) is 0.803. The zero-order valence-corrected chi connectivity index (χ0v) is 10.8. The molecule has 0 saturated carbocycles. The Morgan fingerprint density at radius 1 is 1.20 bits per heavy atom. The maximum Gasteiger partial charge on any atom is 0.377 e. The normalized spacial score (nSPS) is 13.5. The first-order valence-corrected chi connectivity index (χ1v) is 6.18. The molecule has 6 nitrogen and oxygen atoms in total. The number of ether oxygens (including phenoxy) is 3. The van der Waals surface area contributed by atoms with Gasteiger partial charge in [0.2, 0.25) is 5.76 Å². The second-order valence-corrected chi connectivity index (χ2v) is 4.04. The van der Waals surface area contributed by atoms with E-state index in [1.54, 1.807) is 0 Å². The van der Waals surface area contributed by atoms with E-state index in [-0.39, 0.29) is 18.3 Å². The van der Waals surface area contributed by atoms with Crippen LogP contribution in [-0.2, 0) is 30.3 Å². The molecule has 1 amide bonds. The predicted molar refractivity (Wildman–Crippen MR) is 69.2 cm³/mol. The Bertz CT molecular complexity index is 498. The fraction of sp³-hybridized carbons (Fsp3) is 0.286. The van der Waals surface area contributed by atoms with Gasteiger partial charge < -0.3 is 19.5 Å². The van der Waals surface area contributed by atoms with Gasteiger partial charge in [-0.1, -0.05) is 30.3 Å². The Labute approximate surface area is 116 Å². The van der Waals surface area contributed by atoms with Gasteiger partial charge in [0.15, 0.2) is 6.61 Å². The number of nitrogens with one attached hydrogen (secondary N) is 1. The second-order valence-electron chi connectivity index (χ2n) is 4.04. The molecule has 0 spiro atoms. The molecule has 0 saturated heterocycles. The lowest BCUT2D eigenvalue weighted by Crippen LogP contribution is -2.29. The van der Waals surface area contributed by atoms with Crippen LogP contribution >= 0.6 is 0 Å². The highest BCUT2D eigenvalue weighted by molar-refractivity contribution is 5.88. The van der Waals surface area contributed by atoms with Crippen molar-refractivity contribution < 1.29 is 23.8 Å².